The molecule has 1 aromatic rings. The number of hydrogen-bond acceptors (Lipinski definition) is 2. The number of nitrogens with zero attached hydrogens (tertiary/aromatic N) is 1. The molecule has 1 saturated carbocycles. The lowest BCUT2D eigenvalue weighted by Crippen LogP contribution is -2.35. The predicted molar refractivity (Wildman–Crippen MR) is 80.7 cm³/mol. The van der Waals surface area contributed by atoms with E-state index in [1.807, 2.05) is 12.1 Å². The van der Waals surface area contributed by atoms with Crippen molar-refractivity contribution in [3.8, 4) is 0 Å². The average molecular weight is 329 g/mol. The Morgan fingerprint density at radius 2 is 2.11 bits per heavy atom. The van der Waals surface area contributed by atoms with Crippen LogP contribution in [0.3, 0.4) is 0 Å². The molecule has 1 aliphatic carbocycles. The van der Waals surface area contributed by atoms with E-state index in [4.69, 9.17) is 0 Å². The molecule has 0 spiro atoms. The van der Waals surface area contributed by atoms with Gasteiger partial charge in [0.25, 0.3) is 0 Å². The van der Waals surface area contributed by atoms with Crippen LogP contribution in [0.4, 0.5) is 4.39 Å². The maximum atomic E-state index is 13.1. The largest absolute Gasteiger partial charge is 0.311 e. The Morgan fingerprint density at radius 1 is 1.37 bits per heavy atom. The van der Waals surface area contributed by atoms with Crippen molar-refractivity contribution in [2.24, 2.45) is 0 Å². The lowest BCUT2D eigenvalue weighted by molar-refractivity contribution is 0.245. The van der Waals surface area contributed by atoms with E-state index >= 15 is 0 Å². The average Bonchev–Trinajstić information content (AvgIpc) is 2.92. The summed E-state index contributed by atoms with van der Waals surface area (Å²) in [5, 5.41) is 3.42. The van der Waals surface area contributed by atoms with Crippen molar-refractivity contribution in [2.45, 2.75) is 38.3 Å². The van der Waals surface area contributed by atoms with Gasteiger partial charge in [0.05, 0.1) is 4.47 Å². The van der Waals surface area contributed by atoms with Gasteiger partial charge in [-0.25, -0.2) is 4.39 Å². The van der Waals surface area contributed by atoms with Gasteiger partial charge >= 0.3 is 0 Å². The molecule has 0 bridgehead atoms. The quantitative estimate of drug-likeness (QED) is 0.803. The molecule has 2 rings (SSSR count). The van der Waals surface area contributed by atoms with Gasteiger partial charge in [-0.2, -0.15) is 0 Å². The molecule has 19 heavy (non-hydrogen) atoms. The molecule has 0 aliphatic heterocycles. The molecular weight excluding hydrogens is 307 g/mol. The second-order valence-corrected chi connectivity index (χ2v) is 6.20. The molecule has 1 aromatic carbocycles. The number of likely N-dealkylation sites (N-methyl/N-ethyl adjacent to an activating group) is 1. The molecule has 0 atom stereocenters. The highest BCUT2D eigenvalue weighted by Crippen LogP contribution is 2.21. The monoisotopic (exact) mass is 328 g/mol. The van der Waals surface area contributed by atoms with E-state index in [2.05, 4.69) is 33.2 Å². The van der Waals surface area contributed by atoms with Crippen molar-refractivity contribution in [1.29, 1.82) is 0 Å². The van der Waals surface area contributed by atoms with Crippen LogP contribution in [0.25, 0.3) is 0 Å². The third-order valence-electron chi connectivity index (χ3n) is 3.90. The van der Waals surface area contributed by atoms with Gasteiger partial charge in [0.15, 0.2) is 0 Å². The summed E-state index contributed by atoms with van der Waals surface area (Å²) in [4.78, 5) is 2.46. The SMILES string of the molecule is CN(CCNCc1ccc(F)c(Br)c1)C1CCCC1. The van der Waals surface area contributed by atoms with Gasteiger partial charge in [-0.15, -0.1) is 0 Å². The van der Waals surface area contributed by atoms with Crippen LogP contribution in [0.15, 0.2) is 22.7 Å². The van der Waals surface area contributed by atoms with Crippen LogP contribution in [0, 0.1) is 5.82 Å². The first kappa shape index (κ1) is 14.9. The van der Waals surface area contributed by atoms with Crippen molar-refractivity contribution < 1.29 is 4.39 Å². The second kappa shape index (κ2) is 7.36. The fourth-order valence-electron chi connectivity index (χ4n) is 2.67. The number of benzene rings is 1. The van der Waals surface area contributed by atoms with Crippen LogP contribution in [-0.2, 0) is 6.54 Å². The Labute approximate surface area is 123 Å². The van der Waals surface area contributed by atoms with Crippen molar-refractivity contribution in [1.82, 2.24) is 10.2 Å². The number of hydrogen-bond donors (Lipinski definition) is 1. The molecular formula is C15H22BrFN2. The molecule has 0 radical (unpaired) electrons. The lowest BCUT2D eigenvalue weighted by Gasteiger charge is -2.24. The zero-order valence-corrected chi connectivity index (χ0v) is 13.0. The highest BCUT2D eigenvalue weighted by atomic mass is 79.9. The Kier molecular flexibility index (Phi) is 5.79. The first-order chi connectivity index (χ1) is 9.16. The van der Waals surface area contributed by atoms with E-state index in [1.54, 1.807) is 0 Å². The van der Waals surface area contributed by atoms with Crippen LogP contribution in [0.5, 0.6) is 0 Å². The van der Waals surface area contributed by atoms with Gasteiger partial charge in [0, 0.05) is 25.7 Å². The minimum atomic E-state index is -0.204. The van der Waals surface area contributed by atoms with Crippen LogP contribution < -0.4 is 5.32 Å². The summed E-state index contributed by atoms with van der Waals surface area (Å²) < 4.78 is 13.6. The van der Waals surface area contributed by atoms with Gasteiger partial charge in [-0.05, 0) is 53.5 Å². The molecule has 1 fully saturated rings. The highest BCUT2D eigenvalue weighted by Gasteiger charge is 2.18. The molecule has 1 aliphatic rings. The maximum absolute atomic E-state index is 13.1. The van der Waals surface area contributed by atoms with Crippen molar-refractivity contribution >= 4 is 15.9 Å². The molecule has 1 N–H and O–H groups in total. The number of halogens is 2. The van der Waals surface area contributed by atoms with Crippen LogP contribution >= 0.6 is 15.9 Å². The maximum Gasteiger partial charge on any atom is 0.137 e. The van der Waals surface area contributed by atoms with Crippen LogP contribution in [0.1, 0.15) is 31.2 Å². The summed E-state index contributed by atoms with van der Waals surface area (Å²) in [6.45, 7) is 2.84. The predicted octanol–water partition coefficient (Wildman–Crippen LogP) is 3.55. The minimum absolute atomic E-state index is 0.204. The summed E-state index contributed by atoms with van der Waals surface area (Å²) in [7, 11) is 2.21. The van der Waals surface area contributed by atoms with E-state index in [9.17, 15) is 4.39 Å². The highest BCUT2D eigenvalue weighted by molar-refractivity contribution is 9.10. The van der Waals surface area contributed by atoms with E-state index in [0.29, 0.717) is 4.47 Å². The van der Waals surface area contributed by atoms with E-state index in [1.165, 1.54) is 31.7 Å². The molecule has 0 saturated heterocycles. The smallest absolute Gasteiger partial charge is 0.137 e. The third kappa shape index (κ3) is 4.55. The van der Waals surface area contributed by atoms with Gasteiger partial charge in [-0.1, -0.05) is 18.9 Å². The normalized spacial score (nSPS) is 16.4. The number of rotatable bonds is 6. The van der Waals surface area contributed by atoms with E-state index < -0.39 is 0 Å². The molecule has 4 heteroatoms. The topological polar surface area (TPSA) is 15.3 Å². The first-order valence-electron chi connectivity index (χ1n) is 7.01. The van der Waals surface area contributed by atoms with Crippen molar-refractivity contribution in [3.63, 3.8) is 0 Å². The zero-order valence-electron chi connectivity index (χ0n) is 11.5. The van der Waals surface area contributed by atoms with Crippen molar-refractivity contribution in [3.05, 3.63) is 34.1 Å². The molecule has 0 heterocycles. The van der Waals surface area contributed by atoms with Crippen LogP contribution in [-0.4, -0.2) is 31.1 Å². The summed E-state index contributed by atoms with van der Waals surface area (Å²) in [6, 6.07) is 5.95. The summed E-state index contributed by atoms with van der Waals surface area (Å²) >= 11 is 3.21. The standard InChI is InChI=1S/C15H22BrFN2/c1-19(13-4-2-3-5-13)9-8-18-11-12-6-7-15(17)14(16)10-12/h6-7,10,13,18H,2-5,8-9,11H2,1H3. The van der Waals surface area contributed by atoms with Gasteiger partial charge in [0.1, 0.15) is 5.82 Å². The fourth-order valence-corrected chi connectivity index (χ4v) is 3.09. The van der Waals surface area contributed by atoms with Crippen molar-refractivity contribution in [2.75, 3.05) is 20.1 Å². The van der Waals surface area contributed by atoms with Gasteiger partial charge in [0.2, 0.25) is 0 Å². The molecule has 0 aromatic heterocycles. The molecule has 2 nitrogen and oxygen atoms in total. The molecule has 0 amide bonds. The Bertz CT molecular complexity index is 405. The Hall–Kier alpha value is -0.450. The van der Waals surface area contributed by atoms with E-state index in [0.717, 1.165) is 31.2 Å². The minimum Gasteiger partial charge on any atom is -0.311 e. The van der Waals surface area contributed by atoms with E-state index in [-0.39, 0.29) is 5.82 Å². The number of nitrogens with one attached hydrogen (secondary N) is 1. The Balaban J connectivity index is 1.67. The van der Waals surface area contributed by atoms with Gasteiger partial charge < -0.3 is 10.2 Å². The second-order valence-electron chi connectivity index (χ2n) is 5.34. The summed E-state index contributed by atoms with van der Waals surface area (Å²) in [5.74, 6) is -0.204. The third-order valence-corrected chi connectivity index (χ3v) is 4.51. The zero-order chi connectivity index (χ0) is 13.7. The first-order valence-corrected chi connectivity index (χ1v) is 7.81. The summed E-state index contributed by atoms with van der Waals surface area (Å²) in [5.41, 5.74) is 1.11. The van der Waals surface area contributed by atoms with Gasteiger partial charge in [-0.3, -0.25) is 0 Å². The fraction of sp³-hybridized carbons (Fsp3) is 0.600. The molecule has 106 valence electrons. The Morgan fingerprint density at radius 3 is 2.79 bits per heavy atom. The summed E-state index contributed by atoms with van der Waals surface area (Å²) in [6.07, 6.45) is 5.46. The lowest BCUT2D eigenvalue weighted by atomic mass is 10.2. The molecule has 0 unspecified atom stereocenters. The van der Waals surface area contributed by atoms with Crippen LogP contribution in [0.2, 0.25) is 0 Å².